The highest BCUT2D eigenvalue weighted by Crippen LogP contribution is 2.39. The largest absolute Gasteiger partial charge is 0.294 e. The van der Waals surface area contributed by atoms with Gasteiger partial charge in [0.15, 0.2) is 5.78 Å². The van der Waals surface area contributed by atoms with Crippen molar-refractivity contribution in [3.05, 3.63) is 43.0 Å². The van der Waals surface area contributed by atoms with Gasteiger partial charge >= 0.3 is 0 Å². The average molecular weight is 280 g/mol. The van der Waals surface area contributed by atoms with Gasteiger partial charge in [-0.1, -0.05) is 20.8 Å². The molecule has 0 aliphatic rings. The molecule has 0 bridgehead atoms. The molecule has 0 heterocycles. The molecule has 20 heavy (non-hydrogen) atoms. The molecule has 0 atom stereocenters. The van der Waals surface area contributed by atoms with Gasteiger partial charge in [0.1, 0.15) is 5.56 Å². The van der Waals surface area contributed by atoms with Gasteiger partial charge < -0.3 is 0 Å². The second-order valence-corrected chi connectivity index (χ2v) is 5.61. The lowest BCUT2D eigenvalue weighted by Gasteiger charge is -2.20. The number of rotatable bonds is 3. The molecule has 7 heteroatoms. The molecule has 0 radical (unpaired) electrons. The van der Waals surface area contributed by atoms with Crippen molar-refractivity contribution in [1.82, 2.24) is 0 Å². The zero-order valence-electron chi connectivity index (χ0n) is 12.0. The molecule has 0 fully saturated rings. The van der Waals surface area contributed by atoms with Gasteiger partial charge in [-0.2, -0.15) is 0 Å². The van der Waals surface area contributed by atoms with Crippen molar-refractivity contribution >= 4 is 17.2 Å². The van der Waals surface area contributed by atoms with Crippen LogP contribution in [0.1, 0.15) is 49.2 Å². The molecule has 0 unspecified atom stereocenters. The summed E-state index contributed by atoms with van der Waals surface area (Å²) < 4.78 is 0. The van der Waals surface area contributed by atoms with Crippen molar-refractivity contribution in [3.8, 4) is 0 Å². The molecule has 0 saturated heterocycles. The second-order valence-electron chi connectivity index (χ2n) is 5.61. The number of hydrogen-bond donors (Lipinski definition) is 0. The average Bonchev–Trinajstić information content (AvgIpc) is 2.24. The maximum Gasteiger partial charge on any atom is 0.281 e. The van der Waals surface area contributed by atoms with E-state index in [1.54, 1.807) is 20.8 Å². The van der Waals surface area contributed by atoms with Crippen LogP contribution in [0.25, 0.3) is 0 Å². The fourth-order valence-electron chi connectivity index (χ4n) is 2.19. The number of nitrogens with zero attached hydrogens (tertiary/aromatic N) is 2. The summed E-state index contributed by atoms with van der Waals surface area (Å²) in [5.74, 6) is -0.558. The van der Waals surface area contributed by atoms with Crippen LogP contribution in [0.4, 0.5) is 11.4 Å². The fourth-order valence-corrected chi connectivity index (χ4v) is 2.19. The van der Waals surface area contributed by atoms with Gasteiger partial charge in [-0.3, -0.25) is 25.0 Å². The summed E-state index contributed by atoms with van der Waals surface area (Å²) in [6, 6.07) is 1.14. The molecule has 0 spiro atoms. The van der Waals surface area contributed by atoms with Crippen LogP contribution in [-0.4, -0.2) is 15.6 Å². The van der Waals surface area contributed by atoms with Gasteiger partial charge in [-0.05, 0) is 19.3 Å². The van der Waals surface area contributed by atoms with Crippen LogP contribution < -0.4 is 0 Å². The van der Waals surface area contributed by atoms with Crippen LogP contribution in [-0.2, 0) is 5.41 Å². The smallest absolute Gasteiger partial charge is 0.281 e. The number of ketones is 1. The van der Waals surface area contributed by atoms with Crippen molar-refractivity contribution < 1.29 is 14.6 Å². The van der Waals surface area contributed by atoms with E-state index in [1.807, 2.05) is 0 Å². The van der Waals surface area contributed by atoms with Gasteiger partial charge in [0, 0.05) is 17.2 Å². The maximum atomic E-state index is 11.6. The van der Waals surface area contributed by atoms with Crippen molar-refractivity contribution in [2.24, 2.45) is 0 Å². The molecule has 0 aromatic heterocycles. The van der Waals surface area contributed by atoms with Gasteiger partial charge in [0.25, 0.3) is 11.4 Å². The highest BCUT2D eigenvalue weighted by atomic mass is 16.6. The predicted octanol–water partition coefficient (Wildman–Crippen LogP) is 3.31. The van der Waals surface area contributed by atoms with Gasteiger partial charge in [0.05, 0.1) is 9.85 Å². The van der Waals surface area contributed by atoms with Crippen molar-refractivity contribution in [3.63, 3.8) is 0 Å². The topological polar surface area (TPSA) is 103 Å². The lowest BCUT2D eigenvalue weighted by molar-refractivity contribution is -0.390. The molecule has 7 nitrogen and oxygen atoms in total. The number of nitro groups is 2. The Morgan fingerprint density at radius 1 is 1.15 bits per heavy atom. The molecule has 1 aromatic rings. The Bertz CT molecular complexity index is 614. The van der Waals surface area contributed by atoms with E-state index in [0.717, 1.165) is 13.0 Å². The summed E-state index contributed by atoms with van der Waals surface area (Å²) in [6.07, 6.45) is 0. The van der Waals surface area contributed by atoms with Crippen molar-refractivity contribution in [2.45, 2.75) is 40.0 Å². The Hall–Kier alpha value is -2.31. The van der Waals surface area contributed by atoms with Crippen LogP contribution in [0.2, 0.25) is 0 Å². The molecule has 0 saturated carbocycles. The molecule has 108 valence electrons. The summed E-state index contributed by atoms with van der Waals surface area (Å²) in [5.41, 5.74) is -1.17. The number of carbonyl (C=O) groups excluding carboxylic acids is 1. The molecular formula is C13H16N2O5. The molecule has 1 rings (SSSR count). The van der Waals surface area contributed by atoms with E-state index in [1.165, 1.54) is 6.92 Å². The van der Waals surface area contributed by atoms with Crippen LogP contribution in [0, 0.1) is 27.2 Å². The zero-order chi connectivity index (χ0) is 15.8. The molecular weight excluding hydrogens is 264 g/mol. The van der Waals surface area contributed by atoms with E-state index in [2.05, 4.69) is 0 Å². The fraction of sp³-hybridized carbons (Fsp3) is 0.462. The minimum absolute atomic E-state index is 0.0432. The highest BCUT2D eigenvalue weighted by molar-refractivity contribution is 6.01. The molecule has 0 aliphatic carbocycles. The molecule has 0 N–H and O–H groups in total. The monoisotopic (exact) mass is 280 g/mol. The van der Waals surface area contributed by atoms with E-state index in [9.17, 15) is 25.0 Å². The number of hydrogen-bond acceptors (Lipinski definition) is 5. The first-order chi connectivity index (χ1) is 8.98. The Labute approximate surface area is 115 Å². The van der Waals surface area contributed by atoms with Crippen molar-refractivity contribution in [1.29, 1.82) is 0 Å². The SMILES string of the molecule is CC(=O)c1c([N+](=O)[O-])cc(C(C)(C)C)c([N+](=O)[O-])c1C. The normalized spacial score (nSPS) is 11.2. The van der Waals surface area contributed by atoms with Gasteiger partial charge in [0.2, 0.25) is 0 Å². The Morgan fingerprint density at radius 3 is 1.95 bits per heavy atom. The first-order valence-corrected chi connectivity index (χ1v) is 5.96. The molecule has 1 aromatic carbocycles. The van der Waals surface area contributed by atoms with Gasteiger partial charge in [-0.25, -0.2) is 0 Å². The van der Waals surface area contributed by atoms with Crippen LogP contribution in [0.5, 0.6) is 0 Å². The maximum absolute atomic E-state index is 11.6. The summed E-state index contributed by atoms with van der Waals surface area (Å²) in [4.78, 5) is 32.7. The number of Topliss-reactive ketones (excluding diaryl/α,β-unsaturated/α-hetero) is 1. The second kappa shape index (κ2) is 4.99. The van der Waals surface area contributed by atoms with E-state index < -0.39 is 21.0 Å². The summed E-state index contributed by atoms with van der Waals surface area (Å²) in [5, 5.41) is 22.4. The van der Waals surface area contributed by atoms with E-state index in [0.29, 0.717) is 0 Å². The number of benzene rings is 1. The summed E-state index contributed by atoms with van der Waals surface area (Å²) in [6.45, 7) is 7.72. The van der Waals surface area contributed by atoms with Crippen molar-refractivity contribution in [2.75, 3.05) is 0 Å². The van der Waals surface area contributed by atoms with E-state index in [4.69, 9.17) is 0 Å². The minimum Gasteiger partial charge on any atom is -0.294 e. The highest BCUT2D eigenvalue weighted by Gasteiger charge is 2.34. The third kappa shape index (κ3) is 2.66. The van der Waals surface area contributed by atoms with E-state index in [-0.39, 0.29) is 28.1 Å². The third-order valence-corrected chi connectivity index (χ3v) is 3.06. The first-order valence-electron chi connectivity index (χ1n) is 5.96. The number of nitro benzene ring substituents is 2. The Balaban J connectivity index is 3.95. The number of carbonyl (C=O) groups is 1. The summed E-state index contributed by atoms with van der Waals surface area (Å²) in [7, 11) is 0. The van der Waals surface area contributed by atoms with Crippen LogP contribution in [0.15, 0.2) is 6.07 Å². The Morgan fingerprint density at radius 2 is 1.65 bits per heavy atom. The Kier molecular flexibility index (Phi) is 3.93. The zero-order valence-corrected chi connectivity index (χ0v) is 12.0. The first kappa shape index (κ1) is 15.7. The van der Waals surface area contributed by atoms with Gasteiger partial charge in [-0.15, -0.1) is 0 Å². The lowest BCUT2D eigenvalue weighted by Crippen LogP contribution is -2.17. The third-order valence-electron chi connectivity index (χ3n) is 3.06. The minimum atomic E-state index is -0.678. The van der Waals surface area contributed by atoms with Crippen LogP contribution >= 0.6 is 0 Å². The summed E-state index contributed by atoms with van der Waals surface area (Å²) >= 11 is 0. The van der Waals surface area contributed by atoms with E-state index >= 15 is 0 Å². The predicted molar refractivity (Wildman–Crippen MR) is 73.2 cm³/mol. The van der Waals surface area contributed by atoms with Crippen LogP contribution in [0.3, 0.4) is 0 Å². The quantitative estimate of drug-likeness (QED) is 0.480. The molecule has 0 amide bonds. The molecule has 0 aliphatic heterocycles. The standard InChI is InChI=1S/C13H16N2O5/c1-7-11(8(2)16)10(14(17)18)6-9(13(3,4)5)12(7)15(19)20/h6H,1-5H3. The lowest BCUT2D eigenvalue weighted by atomic mass is 9.82.